The maximum atomic E-state index is 15.5. The van der Waals surface area contributed by atoms with Gasteiger partial charge < -0.3 is 9.84 Å². The molecule has 0 amide bonds. The van der Waals surface area contributed by atoms with Gasteiger partial charge in [0.05, 0.1) is 11.3 Å². The normalized spacial score (nSPS) is 24.3. The summed E-state index contributed by atoms with van der Waals surface area (Å²) in [4.78, 5) is 15.5. The minimum Gasteiger partial charge on any atom is -0.487 e. The Labute approximate surface area is 180 Å². The summed E-state index contributed by atoms with van der Waals surface area (Å²) in [6.45, 7) is 0.284. The first-order valence-corrected chi connectivity index (χ1v) is 10.7. The van der Waals surface area contributed by atoms with Crippen LogP contribution in [0.4, 0.5) is 4.39 Å². The van der Waals surface area contributed by atoms with Crippen molar-refractivity contribution in [2.24, 2.45) is 11.8 Å². The number of carboxylic acid groups (broad SMARTS) is 1. The predicted octanol–water partition coefficient (Wildman–Crippen LogP) is 5.60. The van der Waals surface area contributed by atoms with Crippen molar-refractivity contribution in [2.75, 3.05) is 0 Å². The number of hydrogen-bond acceptors (Lipinski definition) is 3. The van der Waals surface area contributed by atoms with E-state index in [4.69, 9.17) is 4.74 Å². The van der Waals surface area contributed by atoms with E-state index >= 15 is 4.39 Å². The number of carbonyl (C=O) groups is 1. The Morgan fingerprint density at radius 2 is 1.97 bits per heavy atom. The van der Waals surface area contributed by atoms with E-state index in [2.05, 4.69) is 4.98 Å². The summed E-state index contributed by atoms with van der Waals surface area (Å²) in [5, 5.41) is 9.26. The molecule has 0 saturated heterocycles. The standard InChI is InChI=1S/C26H24FNO3/c27-24-14-22(31-16-21-3-1-2-12-28-21)10-11-23(24)26(15-17-4-7-20(26)13-17)19-8-5-18(6-9-19)25(29)30/h1-3,5-6,8-12,14,17,20H,4,7,13,15-16H2,(H,29,30). The van der Waals surface area contributed by atoms with Crippen LogP contribution in [0.25, 0.3) is 0 Å². The Hall–Kier alpha value is -3.21. The molecule has 31 heavy (non-hydrogen) atoms. The Morgan fingerprint density at radius 3 is 2.58 bits per heavy atom. The van der Waals surface area contributed by atoms with Gasteiger partial charge in [0.1, 0.15) is 18.2 Å². The van der Waals surface area contributed by atoms with Gasteiger partial charge in [-0.05, 0) is 72.6 Å². The van der Waals surface area contributed by atoms with Crippen LogP contribution in [0.2, 0.25) is 0 Å². The number of aromatic nitrogens is 1. The van der Waals surface area contributed by atoms with Gasteiger partial charge in [-0.25, -0.2) is 9.18 Å². The number of fused-ring (bicyclic) bond motifs is 2. The number of ether oxygens (including phenoxy) is 1. The van der Waals surface area contributed by atoms with Crippen LogP contribution in [0.15, 0.2) is 66.9 Å². The highest BCUT2D eigenvalue weighted by atomic mass is 19.1. The van der Waals surface area contributed by atoms with Crippen molar-refractivity contribution in [3.63, 3.8) is 0 Å². The summed E-state index contributed by atoms with van der Waals surface area (Å²) in [5.74, 6) is 0.209. The summed E-state index contributed by atoms with van der Waals surface area (Å²) >= 11 is 0. The summed E-state index contributed by atoms with van der Waals surface area (Å²) in [7, 11) is 0. The fourth-order valence-corrected chi connectivity index (χ4v) is 5.67. The zero-order valence-electron chi connectivity index (χ0n) is 17.1. The molecule has 1 aromatic heterocycles. The second kappa shape index (κ2) is 7.80. The number of nitrogens with zero attached hydrogens (tertiary/aromatic N) is 1. The molecule has 0 aliphatic heterocycles. The molecule has 5 heteroatoms. The van der Waals surface area contributed by atoms with E-state index in [0.29, 0.717) is 23.1 Å². The van der Waals surface area contributed by atoms with Crippen molar-refractivity contribution in [3.8, 4) is 5.75 Å². The summed E-state index contributed by atoms with van der Waals surface area (Å²) in [5.41, 5.74) is 2.32. The Morgan fingerprint density at radius 1 is 1.13 bits per heavy atom. The van der Waals surface area contributed by atoms with Crippen molar-refractivity contribution in [2.45, 2.75) is 37.7 Å². The molecule has 1 heterocycles. The Bertz CT molecular complexity index is 1100. The Balaban J connectivity index is 1.48. The first kappa shape index (κ1) is 19.7. The van der Waals surface area contributed by atoms with Crippen molar-refractivity contribution in [3.05, 3.63) is 95.1 Å². The highest BCUT2D eigenvalue weighted by Gasteiger charge is 2.53. The smallest absolute Gasteiger partial charge is 0.335 e. The third kappa shape index (κ3) is 3.48. The summed E-state index contributed by atoms with van der Waals surface area (Å²) in [6, 6.07) is 17.8. The minimum atomic E-state index is -0.950. The highest BCUT2D eigenvalue weighted by Crippen LogP contribution is 2.60. The van der Waals surface area contributed by atoms with Gasteiger partial charge in [-0.15, -0.1) is 0 Å². The van der Waals surface area contributed by atoms with Gasteiger partial charge in [-0.3, -0.25) is 4.98 Å². The first-order chi connectivity index (χ1) is 15.1. The minimum absolute atomic E-state index is 0.251. The van der Waals surface area contributed by atoms with Crippen LogP contribution < -0.4 is 4.74 Å². The van der Waals surface area contributed by atoms with Crippen LogP contribution in [0.3, 0.4) is 0 Å². The topological polar surface area (TPSA) is 59.4 Å². The molecule has 2 bridgehead atoms. The lowest BCUT2D eigenvalue weighted by Gasteiger charge is -2.39. The molecular formula is C26H24FNO3. The molecule has 2 aliphatic rings. The Kier molecular flexibility index (Phi) is 4.97. The van der Waals surface area contributed by atoms with Crippen molar-refractivity contribution in [1.82, 2.24) is 4.98 Å². The summed E-state index contributed by atoms with van der Waals surface area (Å²) < 4.78 is 21.3. The zero-order valence-corrected chi connectivity index (χ0v) is 17.1. The van der Waals surface area contributed by atoms with E-state index in [1.807, 2.05) is 42.5 Å². The van der Waals surface area contributed by atoms with Gasteiger partial charge >= 0.3 is 5.97 Å². The third-order valence-corrected chi connectivity index (χ3v) is 7.03. The predicted molar refractivity (Wildman–Crippen MR) is 115 cm³/mol. The van der Waals surface area contributed by atoms with Crippen molar-refractivity contribution in [1.29, 1.82) is 0 Å². The molecule has 0 radical (unpaired) electrons. The van der Waals surface area contributed by atoms with Crippen molar-refractivity contribution < 1.29 is 19.0 Å². The molecule has 5 rings (SSSR count). The SMILES string of the molecule is O=C(O)c1ccc(C2(c3ccc(OCc4ccccn4)cc3F)CC3CCC2C3)cc1. The van der Waals surface area contributed by atoms with Crippen LogP contribution >= 0.6 is 0 Å². The molecule has 2 aromatic carbocycles. The second-order valence-electron chi connectivity index (χ2n) is 8.69. The molecule has 3 unspecified atom stereocenters. The largest absolute Gasteiger partial charge is 0.487 e. The fourth-order valence-electron chi connectivity index (χ4n) is 5.67. The molecule has 3 atom stereocenters. The first-order valence-electron chi connectivity index (χ1n) is 10.7. The van der Waals surface area contributed by atoms with Crippen LogP contribution in [-0.4, -0.2) is 16.1 Å². The quantitative estimate of drug-likeness (QED) is 0.567. The summed E-state index contributed by atoms with van der Waals surface area (Å²) in [6.07, 6.45) is 5.96. The molecule has 4 nitrogen and oxygen atoms in total. The lowest BCUT2D eigenvalue weighted by atomic mass is 9.64. The van der Waals surface area contributed by atoms with Gasteiger partial charge in [-0.2, -0.15) is 0 Å². The zero-order chi connectivity index (χ0) is 21.4. The molecule has 2 fully saturated rings. The lowest BCUT2D eigenvalue weighted by molar-refractivity contribution is 0.0697. The molecule has 0 spiro atoms. The molecule has 3 aromatic rings. The molecule has 1 N–H and O–H groups in total. The third-order valence-electron chi connectivity index (χ3n) is 7.03. The van der Waals surface area contributed by atoms with E-state index in [1.165, 1.54) is 12.5 Å². The number of halogens is 1. The highest BCUT2D eigenvalue weighted by molar-refractivity contribution is 5.87. The number of benzene rings is 2. The second-order valence-corrected chi connectivity index (χ2v) is 8.69. The molecule has 158 valence electrons. The van der Waals surface area contributed by atoms with Crippen molar-refractivity contribution >= 4 is 5.97 Å². The van der Waals surface area contributed by atoms with Crippen LogP contribution in [-0.2, 0) is 12.0 Å². The number of pyridine rings is 1. The van der Waals surface area contributed by atoms with E-state index in [9.17, 15) is 9.90 Å². The van der Waals surface area contributed by atoms with E-state index in [0.717, 1.165) is 30.5 Å². The number of rotatable bonds is 6. The van der Waals surface area contributed by atoms with Crippen LogP contribution in [0.5, 0.6) is 5.75 Å². The molecule has 2 saturated carbocycles. The fraction of sp³-hybridized carbons (Fsp3) is 0.308. The van der Waals surface area contributed by atoms with E-state index < -0.39 is 11.4 Å². The monoisotopic (exact) mass is 417 g/mol. The lowest BCUT2D eigenvalue weighted by Crippen LogP contribution is -2.35. The van der Waals surface area contributed by atoms with E-state index in [-0.39, 0.29) is 18.0 Å². The van der Waals surface area contributed by atoms with Gasteiger partial charge in [0.25, 0.3) is 0 Å². The van der Waals surface area contributed by atoms with Crippen LogP contribution in [0, 0.1) is 17.7 Å². The van der Waals surface area contributed by atoms with Gasteiger partial charge in [0.2, 0.25) is 0 Å². The molecular weight excluding hydrogens is 393 g/mol. The van der Waals surface area contributed by atoms with Gasteiger partial charge in [0.15, 0.2) is 0 Å². The number of carboxylic acids is 1. The maximum Gasteiger partial charge on any atom is 0.335 e. The van der Waals surface area contributed by atoms with E-state index in [1.54, 1.807) is 18.3 Å². The number of hydrogen-bond donors (Lipinski definition) is 1. The number of aromatic carboxylic acids is 1. The molecule has 2 aliphatic carbocycles. The van der Waals surface area contributed by atoms with Gasteiger partial charge in [0, 0.05) is 17.7 Å². The average molecular weight is 417 g/mol. The van der Waals surface area contributed by atoms with Gasteiger partial charge in [-0.1, -0.05) is 30.7 Å². The maximum absolute atomic E-state index is 15.5. The average Bonchev–Trinajstić information content (AvgIpc) is 3.41. The van der Waals surface area contributed by atoms with Crippen LogP contribution in [0.1, 0.15) is 52.9 Å².